The molecule has 1 aromatic carbocycles. The molecule has 1 heterocycles. The summed E-state index contributed by atoms with van der Waals surface area (Å²) < 4.78 is 4.95. The molecule has 1 fully saturated rings. The predicted octanol–water partition coefficient (Wildman–Crippen LogP) is 3.39. The summed E-state index contributed by atoms with van der Waals surface area (Å²) in [6, 6.07) is 10.4. The Hall–Kier alpha value is -1.84. The minimum atomic E-state index is -0.289. The smallest absolute Gasteiger partial charge is 0.411 e. The van der Waals surface area contributed by atoms with Gasteiger partial charge in [0.05, 0.1) is 0 Å². The fraction of sp³-hybridized carbons (Fsp3) is 0.500. The number of piperidine rings is 1. The fourth-order valence-electron chi connectivity index (χ4n) is 2.81. The molecular weight excluding hydrogens is 306 g/mol. The molecule has 6 heteroatoms. The molecule has 1 amide bonds. The third-order valence-corrected chi connectivity index (χ3v) is 3.97. The molecule has 1 aliphatic heterocycles. The first-order valence-electron chi connectivity index (χ1n) is 7.19. The molecule has 0 unspecified atom stereocenters. The van der Waals surface area contributed by atoms with Gasteiger partial charge in [-0.25, -0.2) is 4.79 Å². The molecule has 5 nitrogen and oxygen atoms in total. The van der Waals surface area contributed by atoms with Crippen molar-refractivity contribution >= 4 is 23.8 Å². The van der Waals surface area contributed by atoms with Gasteiger partial charge in [0.1, 0.15) is 0 Å². The SMILES string of the molecule is C[C@H](c1ccccc1)[C@H]1CCCCN1C(=O)OCCl.O=C=O. The highest BCUT2D eigenvalue weighted by Gasteiger charge is 2.32. The lowest BCUT2D eigenvalue weighted by Crippen LogP contribution is -2.46. The Kier molecular flexibility index (Phi) is 8.26. The summed E-state index contributed by atoms with van der Waals surface area (Å²) in [6.07, 6.45) is 3.18. The van der Waals surface area contributed by atoms with Crippen molar-refractivity contribution < 1.29 is 19.1 Å². The lowest BCUT2D eigenvalue weighted by Gasteiger charge is -2.38. The lowest BCUT2D eigenvalue weighted by molar-refractivity contribution is -0.191. The summed E-state index contributed by atoms with van der Waals surface area (Å²) in [6.45, 7) is 2.93. The van der Waals surface area contributed by atoms with Crippen LogP contribution in [0.15, 0.2) is 30.3 Å². The number of ether oxygens (including phenoxy) is 1. The molecule has 0 N–H and O–H groups in total. The number of carbonyl (C=O) groups excluding carboxylic acids is 3. The number of rotatable bonds is 3. The van der Waals surface area contributed by atoms with Gasteiger partial charge in [-0.2, -0.15) is 9.59 Å². The average Bonchev–Trinajstić information content (AvgIpc) is 2.56. The van der Waals surface area contributed by atoms with Crippen LogP contribution in [0.4, 0.5) is 4.79 Å². The van der Waals surface area contributed by atoms with E-state index in [0.717, 1.165) is 25.8 Å². The maximum Gasteiger partial charge on any atom is 0.411 e. The predicted molar refractivity (Wildman–Crippen MR) is 81.4 cm³/mol. The standard InChI is InChI=1S/C15H20ClNO2.CO2/c1-12(13-7-3-2-4-8-13)14-9-5-6-10-17(14)15(18)19-11-16;2-1-3/h2-4,7-8,12,14H,5-6,9-11H2,1H3;/t12-,14-;/m1./s1. The van der Waals surface area contributed by atoms with E-state index in [2.05, 4.69) is 19.1 Å². The van der Waals surface area contributed by atoms with Crippen molar-refractivity contribution in [2.24, 2.45) is 0 Å². The highest BCUT2D eigenvalue weighted by molar-refractivity contribution is 6.17. The van der Waals surface area contributed by atoms with E-state index in [1.807, 2.05) is 23.1 Å². The number of benzene rings is 1. The number of hydrogen-bond donors (Lipinski definition) is 0. The lowest BCUT2D eigenvalue weighted by atomic mass is 9.87. The quantitative estimate of drug-likeness (QED) is 0.799. The van der Waals surface area contributed by atoms with Gasteiger partial charge in [-0.3, -0.25) is 0 Å². The van der Waals surface area contributed by atoms with Gasteiger partial charge in [0.25, 0.3) is 0 Å². The second kappa shape index (κ2) is 9.98. The number of carbonyl (C=O) groups is 1. The molecule has 1 aromatic rings. The average molecular weight is 326 g/mol. The van der Waals surface area contributed by atoms with Gasteiger partial charge in [0.15, 0.2) is 6.07 Å². The summed E-state index contributed by atoms with van der Waals surface area (Å²) in [5.41, 5.74) is 1.26. The van der Waals surface area contributed by atoms with E-state index in [-0.39, 0.29) is 24.4 Å². The Morgan fingerprint density at radius 2 is 2.00 bits per heavy atom. The van der Waals surface area contributed by atoms with E-state index in [1.54, 1.807) is 0 Å². The molecule has 120 valence electrons. The Labute approximate surface area is 135 Å². The molecule has 0 aliphatic carbocycles. The van der Waals surface area contributed by atoms with Crippen molar-refractivity contribution in [2.75, 3.05) is 12.6 Å². The number of hydrogen-bond acceptors (Lipinski definition) is 4. The summed E-state index contributed by atoms with van der Waals surface area (Å²) >= 11 is 5.49. The summed E-state index contributed by atoms with van der Waals surface area (Å²) in [5, 5.41) is 0. The first-order chi connectivity index (χ1) is 10.7. The molecule has 1 saturated heterocycles. The first kappa shape index (κ1) is 18.2. The van der Waals surface area contributed by atoms with E-state index in [0.29, 0.717) is 5.92 Å². The van der Waals surface area contributed by atoms with E-state index >= 15 is 0 Å². The van der Waals surface area contributed by atoms with Crippen LogP contribution < -0.4 is 0 Å². The van der Waals surface area contributed by atoms with Crippen molar-refractivity contribution in [3.8, 4) is 0 Å². The molecule has 0 spiro atoms. The molecule has 0 radical (unpaired) electrons. The van der Waals surface area contributed by atoms with Crippen molar-refractivity contribution in [3.63, 3.8) is 0 Å². The van der Waals surface area contributed by atoms with Gasteiger partial charge < -0.3 is 9.64 Å². The zero-order chi connectivity index (χ0) is 16.4. The van der Waals surface area contributed by atoms with Gasteiger partial charge in [-0.15, -0.1) is 0 Å². The number of likely N-dealkylation sites (tertiary alicyclic amines) is 1. The van der Waals surface area contributed by atoms with Crippen LogP contribution >= 0.6 is 11.6 Å². The second-order valence-electron chi connectivity index (χ2n) is 5.06. The molecule has 2 atom stereocenters. The minimum absolute atomic E-state index is 0.0816. The van der Waals surface area contributed by atoms with Crippen molar-refractivity contribution in [1.29, 1.82) is 0 Å². The van der Waals surface area contributed by atoms with Gasteiger partial charge >= 0.3 is 12.2 Å². The van der Waals surface area contributed by atoms with Crippen LogP contribution in [0.3, 0.4) is 0 Å². The monoisotopic (exact) mass is 325 g/mol. The Bertz CT molecular complexity index is 488. The van der Waals surface area contributed by atoms with Gasteiger partial charge in [0.2, 0.25) is 0 Å². The number of nitrogens with zero attached hydrogens (tertiary/aromatic N) is 1. The molecule has 2 rings (SSSR count). The maximum absolute atomic E-state index is 12.0. The highest BCUT2D eigenvalue weighted by atomic mass is 35.5. The third kappa shape index (κ3) is 5.17. The Morgan fingerprint density at radius 3 is 2.59 bits per heavy atom. The van der Waals surface area contributed by atoms with Crippen LogP contribution in [0.2, 0.25) is 0 Å². The Morgan fingerprint density at radius 1 is 1.36 bits per heavy atom. The van der Waals surface area contributed by atoms with Crippen LogP contribution in [-0.4, -0.2) is 35.8 Å². The Balaban J connectivity index is 0.000000745. The van der Waals surface area contributed by atoms with Crippen molar-refractivity contribution in [3.05, 3.63) is 35.9 Å². The largest absolute Gasteiger partial charge is 0.433 e. The fourth-order valence-corrected chi connectivity index (χ4v) is 2.91. The second-order valence-corrected chi connectivity index (χ2v) is 5.28. The first-order valence-corrected chi connectivity index (χ1v) is 7.72. The van der Waals surface area contributed by atoms with Crippen molar-refractivity contribution in [1.82, 2.24) is 4.90 Å². The van der Waals surface area contributed by atoms with Crippen LogP contribution in [0.25, 0.3) is 0 Å². The van der Waals surface area contributed by atoms with Crippen molar-refractivity contribution in [2.45, 2.75) is 38.1 Å². The summed E-state index contributed by atoms with van der Waals surface area (Å²) in [5.74, 6) is 0.310. The van der Waals surface area contributed by atoms with Gasteiger partial charge in [-0.1, -0.05) is 48.9 Å². The topological polar surface area (TPSA) is 63.7 Å². The molecule has 1 aliphatic rings. The number of amides is 1. The molecule has 0 bridgehead atoms. The normalized spacial score (nSPS) is 18.5. The van der Waals surface area contributed by atoms with Crippen LogP contribution in [0.1, 0.15) is 37.7 Å². The van der Waals surface area contributed by atoms with E-state index in [4.69, 9.17) is 25.9 Å². The zero-order valence-electron chi connectivity index (χ0n) is 12.5. The van der Waals surface area contributed by atoms with Gasteiger partial charge in [0, 0.05) is 18.5 Å². The van der Waals surface area contributed by atoms with E-state index < -0.39 is 0 Å². The zero-order valence-corrected chi connectivity index (χ0v) is 13.3. The minimum Gasteiger partial charge on any atom is -0.433 e. The summed E-state index contributed by atoms with van der Waals surface area (Å²) in [4.78, 5) is 30.1. The number of alkyl halides is 1. The molecule has 22 heavy (non-hydrogen) atoms. The van der Waals surface area contributed by atoms with Crippen LogP contribution in [-0.2, 0) is 14.3 Å². The van der Waals surface area contributed by atoms with Gasteiger partial charge in [-0.05, 0) is 24.8 Å². The highest BCUT2D eigenvalue weighted by Crippen LogP contribution is 2.30. The van der Waals surface area contributed by atoms with E-state index in [9.17, 15) is 4.79 Å². The molecular formula is C16H20ClNO4. The van der Waals surface area contributed by atoms with E-state index in [1.165, 1.54) is 5.56 Å². The number of halogens is 1. The maximum atomic E-state index is 12.0. The summed E-state index contributed by atoms with van der Waals surface area (Å²) in [7, 11) is 0. The van der Waals surface area contributed by atoms with Crippen LogP contribution in [0.5, 0.6) is 0 Å². The molecule has 0 aromatic heterocycles. The van der Waals surface area contributed by atoms with Crippen LogP contribution in [0, 0.1) is 0 Å². The third-order valence-electron chi connectivity index (χ3n) is 3.86. The molecule has 0 saturated carbocycles.